The molecule has 16 nitrogen and oxygen atoms in total. The zero-order valence-corrected chi connectivity index (χ0v) is 21.1. The van der Waals surface area contributed by atoms with E-state index in [-0.39, 0.29) is 30.3 Å². The first kappa shape index (κ1) is 27.5. The predicted octanol–water partition coefficient (Wildman–Crippen LogP) is -1.18. The van der Waals surface area contributed by atoms with Crippen LogP contribution in [0.3, 0.4) is 0 Å². The Morgan fingerprint density at radius 1 is 1.27 bits per heavy atom. The third-order valence-corrected chi connectivity index (χ3v) is 7.74. The normalized spacial score (nSPS) is 25.2. The number of phosphoric ester groups is 1. The van der Waals surface area contributed by atoms with Crippen LogP contribution in [-0.2, 0) is 41.1 Å². The third kappa shape index (κ3) is 6.51. The van der Waals surface area contributed by atoms with Crippen LogP contribution in [0, 0.1) is 5.92 Å². The van der Waals surface area contributed by atoms with Crippen molar-refractivity contribution in [3.05, 3.63) is 52.6 Å². The van der Waals surface area contributed by atoms with Gasteiger partial charge in [-0.3, -0.25) is 18.9 Å². The molecule has 1 aliphatic rings. The van der Waals surface area contributed by atoms with Gasteiger partial charge in [-0.1, -0.05) is 30.3 Å². The summed E-state index contributed by atoms with van der Waals surface area (Å²) < 4.78 is 45.7. The first-order chi connectivity index (χ1) is 17.3. The summed E-state index contributed by atoms with van der Waals surface area (Å²) in [7, 11) is -9.25. The predicted molar refractivity (Wildman–Crippen MR) is 122 cm³/mol. The van der Waals surface area contributed by atoms with Crippen LogP contribution in [0.1, 0.15) is 11.8 Å². The van der Waals surface area contributed by atoms with Gasteiger partial charge in [0.1, 0.15) is 6.10 Å². The molecule has 1 saturated heterocycles. The summed E-state index contributed by atoms with van der Waals surface area (Å²) in [6, 6.07) is 9.15. The number of hydrogen-bond donors (Lipinski definition) is 5. The molecule has 6 atom stereocenters. The quantitative estimate of drug-likeness (QED) is 0.145. The smallest absolute Gasteiger partial charge is 0.478 e. The molecule has 0 radical (unpaired) electrons. The van der Waals surface area contributed by atoms with Gasteiger partial charge in [0, 0.05) is 5.92 Å². The number of aromatic nitrogens is 4. The number of phosphoric acid groups is 2. The van der Waals surface area contributed by atoms with Gasteiger partial charge < -0.3 is 35.0 Å². The van der Waals surface area contributed by atoms with E-state index in [9.17, 15) is 28.8 Å². The molecule has 1 aliphatic heterocycles. The number of imidazole rings is 1. The van der Waals surface area contributed by atoms with Gasteiger partial charge in [-0.25, -0.2) is 13.4 Å². The highest BCUT2D eigenvalue weighted by molar-refractivity contribution is 7.60. The fraction of sp³-hybridized carbons (Fsp3) is 0.421. The van der Waals surface area contributed by atoms with Crippen LogP contribution in [0.4, 0.5) is 5.95 Å². The van der Waals surface area contributed by atoms with Crippen LogP contribution in [0.25, 0.3) is 11.2 Å². The Morgan fingerprint density at radius 3 is 2.65 bits per heavy atom. The molecule has 4 rings (SSSR count). The summed E-state index contributed by atoms with van der Waals surface area (Å²) in [5, 5.41) is 11.2. The number of nitrogens with one attached hydrogen (secondary N) is 1. The number of ether oxygens (including phenoxy) is 2. The van der Waals surface area contributed by atoms with Gasteiger partial charge in [0.25, 0.3) is 19.0 Å². The van der Waals surface area contributed by atoms with Gasteiger partial charge >= 0.3 is 13.4 Å². The second-order valence-corrected chi connectivity index (χ2v) is 11.1. The zero-order valence-electron chi connectivity index (χ0n) is 19.3. The Morgan fingerprint density at radius 2 is 1.97 bits per heavy atom. The molecular weight excluding hydrogens is 536 g/mol. The Hall–Kier alpha value is -2.49. The van der Waals surface area contributed by atoms with Crippen molar-refractivity contribution in [2.75, 3.05) is 18.9 Å². The highest BCUT2D eigenvalue weighted by Gasteiger charge is 2.49. The average Bonchev–Trinajstić information content (AvgIpc) is 3.28. The van der Waals surface area contributed by atoms with Gasteiger partial charge in [0.15, 0.2) is 0 Å². The summed E-state index contributed by atoms with van der Waals surface area (Å²) in [6.45, 7) is -0.635. The highest BCUT2D eigenvalue weighted by Crippen LogP contribution is 2.56. The Labute approximate surface area is 209 Å². The van der Waals surface area contributed by atoms with Gasteiger partial charge in [0.05, 0.1) is 33.0 Å². The van der Waals surface area contributed by atoms with Gasteiger partial charge in [0.2, 0.25) is 18.5 Å². The topological polar surface area (TPSA) is 235 Å². The number of H-pyrrole nitrogens is 1. The number of fused-ring (bicyclic) bond motifs is 1. The van der Waals surface area contributed by atoms with Gasteiger partial charge in [-0.2, -0.15) is 9.55 Å². The number of benzene rings is 1. The fourth-order valence-corrected chi connectivity index (χ4v) is 5.62. The molecule has 2 unspecified atom stereocenters. The molecule has 0 aliphatic carbocycles. The molecule has 37 heavy (non-hydrogen) atoms. The second kappa shape index (κ2) is 10.7. The average molecular weight is 561 g/mol. The van der Waals surface area contributed by atoms with Crippen molar-refractivity contribution in [3.8, 4) is 0 Å². The number of hydrogen-bond acceptors (Lipinski definition) is 11. The minimum absolute atomic E-state index is 0.0985. The standard InChI is InChI=1S/C19H25N5O11P2/c1-23-10-24(16-14(23)17(26)22-19(20)21-16)18-15(25)12(8-32-7-11-5-3-2-4-6-11)13(34-18)9-33-37(30,31)35-36(27,28)29/h2-6,10,12-13,15,18,25H,7-9H2,1H3,(H5-,20,21,22,26,27,28,29,30,31)/t12-,13-,15-,18-/m1/s1. The fourth-order valence-electron chi connectivity index (χ4n) is 4.05. The van der Waals surface area contributed by atoms with E-state index in [1.807, 2.05) is 30.3 Å². The minimum Gasteiger partial charge on any atom is -0.756 e. The Kier molecular flexibility index (Phi) is 7.97. The monoisotopic (exact) mass is 561 g/mol. The second-order valence-electron chi connectivity index (χ2n) is 8.29. The first-order valence-corrected chi connectivity index (χ1v) is 13.8. The summed E-state index contributed by atoms with van der Waals surface area (Å²) in [4.78, 5) is 48.1. The number of aliphatic hydroxyl groups excluding tert-OH is 1. The molecule has 0 saturated carbocycles. The molecule has 18 heteroatoms. The zero-order chi connectivity index (χ0) is 27.0. The maximum Gasteiger partial charge on any atom is 0.478 e. The number of anilines is 1. The number of nitrogens with two attached hydrogens (primary N) is 1. The molecule has 1 aromatic carbocycles. The minimum atomic E-state index is -5.58. The lowest BCUT2D eigenvalue weighted by Gasteiger charge is -2.22. The number of rotatable bonds is 10. The molecular formula is C19H25N5O11P2. The van der Waals surface area contributed by atoms with Crippen LogP contribution < -0.4 is 20.8 Å². The molecule has 202 valence electrons. The molecule has 0 bridgehead atoms. The van der Waals surface area contributed by atoms with E-state index in [0.717, 1.165) is 5.56 Å². The number of nitrogens with zero attached hydrogens (tertiary/aromatic N) is 3. The van der Waals surface area contributed by atoms with E-state index >= 15 is 0 Å². The molecule has 0 spiro atoms. The van der Waals surface area contributed by atoms with Crippen LogP contribution in [-0.4, -0.2) is 54.9 Å². The van der Waals surface area contributed by atoms with E-state index in [0.29, 0.717) is 0 Å². The number of aryl methyl sites for hydroxylation is 1. The van der Waals surface area contributed by atoms with Gasteiger partial charge in [-0.05, 0) is 5.56 Å². The van der Waals surface area contributed by atoms with E-state index in [1.165, 1.54) is 15.5 Å². The van der Waals surface area contributed by atoms with E-state index in [4.69, 9.17) is 24.6 Å². The molecule has 1 fully saturated rings. The largest absolute Gasteiger partial charge is 0.756 e. The molecule has 0 amide bonds. The molecule has 2 aromatic heterocycles. The van der Waals surface area contributed by atoms with Crippen LogP contribution in [0.15, 0.2) is 41.5 Å². The summed E-state index contributed by atoms with van der Waals surface area (Å²) >= 11 is 0. The first-order valence-electron chi connectivity index (χ1n) is 10.8. The van der Waals surface area contributed by atoms with Crippen molar-refractivity contribution in [1.29, 1.82) is 0 Å². The molecule has 3 heterocycles. The maximum absolute atomic E-state index is 12.4. The number of aliphatic hydroxyl groups is 1. The third-order valence-electron chi connectivity index (χ3n) is 5.62. The van der Waals surface area contributed by atoms with E-state index < -0.39 is 52.2 Å². The van der Waals surface area contributed by atoms with Crippen molar-refractivity contribution in [3.63, 3.8) is 0 Å². The summed E-state index contributed by atoms with van der Waals surface area (Å²) in [5.74, 6) is -1.03. The van der Waals surface area contributed by atoms with Crippen molar-refractivity contribution in [2.45, 2.75) is 25.0 Å². The van der Waals surface area contributed by atoms with Crippen molar-refractivity contribution >= 4 is 32.8 Å². The lowest BCUT2D eigenvalue weighted by atomic mass is 9.99. The van der Waals surface area contributed by atoms with Crippen LogP contribution in [0.2, 0.25) is 0 Å². The number of nitrogen functional groups attached to an aromatic ring is 1. The van der Waals surface area contributed by atoms with Crippen molar-refractivity contribution in [2.24, 2.45) is 13.0 Å². The van der Waals surface area contributed by atoms with E-state index in [1.54, 1.807) is 7.05 Å². The Balaban J connectivity index is 1.59. The van der Waals surface area contributed by atoms with E-state index in [2.05, 4.69) is 14.3 Å². The lowest BCUT2D eigenvalue weighted by molar-refractivity contribution is -0.646. The SMILES string of the molecule is C[n+]1cn([C@@H]2O[C@H](COP(=O)(O)OP(=O)([O-])O)[C@@H](COCc3ccccc3)[C@H]2O)c2nc(N)[nH]c(=O)c21. The molecule has 3 aromatic rings. The highest BCUT2D eigenvalue weighted by atomic mass is 31.3. The summed E-state index contributed by atoms with van der Waals surface area (Å²) in [6.07, 6.45) is -2.14. The van der Waals surface area contributed by atoms with Crippen LogP contribution in [0.5, 0.6) is 0 Å². The Bertz CT molecular complexity index is 1410. The van der Waals surface area contributed by atoms with Crippen molar-refractivity contribution in [1.82, 2.24) is 14.5 Å². The maximum atomic E-state index is 12.4. The number of aromatic amines is 1. The van der Waals surface area contributed by atoms with Crippen LogP contribution >= 0.6 is 15.6 Å². The van der Waals surface area contributed by atoms with Gasteiger partial charge in [-0.15, -0.1) is 0 Å². The summed E-state index contributed by atoms with van der Waals surface area (Å²) in [5.41, 5.74) is 6.25. The van der Waals surface area contributed by atoms with Crippen molar-refractivity contribution < 1.29 is 51.8 Å². The lowest BCUT2D eigenvalue weighted by Crippen LogP contribution is -2.33. The molecule has 6 N–H and O–H groups in total.